The van der Waals surface area contributed by atoms with Crippen LogP contribution in [-0.2, 0) is 11.3 Å². The molecular weight excluding hydrogens is 227 g/mol. The van der Waals surface area contributed by atoms with Crippen LogP contribution in [0.25, 0.3) is 11.0 Å². The molecule has 3 nitrogen and oxygen atoms in total. The number of halogens is 1. The van der Waals surface area contributed by atoms with Crippen molar-refractivity contribution < 1.29 is 9.13 Å². The van der Waals surface area contributed by atoms with Crippen LogP contribution in [0.15, 0.2) is 12.1 Å². The lowest BCUT2D eigenvalue weighted by molar-refractivity contribution is 0.188. The van der Waals surface area contributed by atoms with Gasteiger partial charge in [-0.2, -0.15) is 0 Å². The van der Waals surface area contributed by atoms with Gasteiger partial charge in [0.25, 0.3) is 0 Å². The van der Waals surface area contributed by atoms with Gasteiger partial charge in [0, 0.05) is 13.7 Å². The van der Waals surface area contributed by atoms with Gasteiger partial charge in [0.2, 0.25) is 0 Å². The minimum Gasteiger partial charge on any atom is -0.383 e. The number of hydrogen-bond acceptors (Lipinski definition) is 2. The molecule has 0 radical (unpaired) electrons. The molecule has 0 spiro atoms. The van der Waals surface area contributed by atoms with Gasteiger partial charge in [0.15, 0.2) is 4.77 Å². The Balaban J connectivity index is 2.60. The highest BCUT2D eigenvalue weighted by Crippen LogP contribution is 2.18. The number of nitrogens with zero attached hydrogens (tertiary/aromatic N) is 1. The Hall–Kier alpha value is -1.20. The van der Waals surface area contributed by atoms with E-state index < -0.39 is 0 Å². The quantitative estimate of drug-likeness (QED) is 0.836. The number of fused-ring (bicyclic) bond motifs is 1. The number of nitrogens with one attached hydrogen (secondary N) is 1. The average Bonchev–Trinajstić information content (AvgIpc) is 2.52. The summed E-state index contributed by atoms with van der Waals surface area (Å²) in [5, 5.41) is 0. The lowest BCUT2D eigenvalue weighted by Gasteiger charge is -2.04. The molecule has 0 atom stereocenters. The van der Waals surface area contributed by atoms with Crippen molar-refractivity contribution in [2.45, 2.75) is 13.5 Å². The predicted molar refractivity (Wildman–Crippen MR) is 63.7 cm³/mol. The lowest BCUT2D eigenvalue weighted by Crippen LogP contribution is -2.04. The van der Waals surface area contributed by atoms with Crippen LogP contribution in [0.4, 0.5) is 4.39 Å². The topological polar surface area (TPSA) is 29.9 Å². The van der Waals surface area contributed by atoms with Gasteiger partial charge in [0.1, 0.15) is 5.82 Å². The third-order valence-electron chi connectivity index (χ3n) is 2.57. The molecule has 0 aliphatic carbocycles. The van der Waals surface area contributed by atoms with Gasteiger partial charge in [-0.1, -0.05) is 0 Å². The maximum Gasteiger partial charge on any atom is 0.178 e. The Labute approximate surface area is 97.8 Å². The van der Waals surface area contributed by atoms with Gasteiger partial charge in [0.05, 0.1) is 17.6 Å². The van der Waals surface area contributed by atoms with E-state index >= 15 is 0 Å². The molecule has 0 unspecified atom stereocenters. The van der Waals surface area contributed by atoms with Crippen LogP contribution in [0.3, 0.4) is 0 Å². The number of aryl methyl sites for hydroxylation is 1. The van der Waals surface area contributed by atoms with Gasteiger partial charge >= 0.3 is 0 Å². The van der Waals surface area contributed by atoms with E-state index in [1.165, 1.54) is 6.07 Å². The molecule has 5 heteroatoms. The van der Waals surface area contributed by atoms with E-state index in [2.05, 4.69) is 4.98 Å². The highest BCUT2D eigenvalue weighted by Gasteiger charge is 2.07. The molecule has 0 saturated heterocycles. The molecule has 0 amide bonds. The van der Waals surface area contributed by atoms with Crippen molar-refractivity contribution in [2.24, 2.45) is 0 Å². The van der Waals surface area contributed by atoms with E-state index in [1.54, 1.807) is 20.1 Å². The van der Waals surface area contributed by atoms with Gasteiger partial charge in [-0.25, -0.2) is 4.39 Å². The number of ether oxygens (including phenoxy) is 1. The summed E-state index contributed by atoms with van der Waals surface area (Å²) in [6.07, 6.45) is 0. The van der Waals surface area contributed by atoms with Crippen molar-refractivity contribution in [2.75, 3.05) is 13.7 Å². The Kier molecular flexibility index (Phi) is 3.07. The highest BCUT2D eigenvalue weighted by atomic mass is 32.1. The fraction of sp³-hybridized carbons (Fsp3) is 0.364. The van der Waals surface area contributed by atoms with Crippen LogP contribution in [-0.4, -0.2) is 23.3 Å². The summed E-state index contributed by atoms with van der Waals surface area (Å²) >= 11 is 5.18. The second-order valence-corrected chi connectivity index (χ2v) is 4.08. The van der Waals surface area contributed by atoms with Crippen LogP contribution in [0.2, 0.25) is 0 Å². The SMILES string of the molecule is COCCn1c(=S)[nH]c2cc(F)c(C)cc21. The Morgan fingerprint density at radius 2 is 2.25 bits per heavy atom. The zero-order valence-corrected chi connectivity index (χ0v) is 10.0. The Bertz CT molecular complexity index is 573. The zero-order chi connectivity index (χ0) is 11.7. The van der Waals surface area contributed by atoms with Crippen molar-refractivity contribution in [3.8, 4) is 0 Å². The molecule has 0 saturated carbocycles. The Morgan fingerprint density at radius 1 is 1.50 bits per heavy atom. The van der Waals surface area contributed by atoms with E-state index in [0.29, 0.717) is 23.5 Å². The van der Waals surface area contributed by atoms with Gasteiger partial charge in [-0.15, -0.1) is 0 Å². The van der Waals surface area contributed by atoms with Crippen molar-refractivity contribution in [1.82, 2.24) is 9.55 Å². The summed E-state index contributed by atoms with van der Waals surface area (Å²) in [6.45, 7) is 2.99. The maximum atomic E-state index is 13.4. The summed E-state index contributed by atoms with van der Waals surface area (Å²) in [5.41, 5.74) is 2.26. The van der Waals surface area contributed by atoms with Gasteiger partial charge in [-0.3, -0.25) is 0 Å². The number of H-pyrrole nitrogens is 1. The van der Waals surface area contributed by atoms with Crippen molar-refractivity contribution >= 4 is 23.3 Å². The third-order valence-corrected chi connectivity index (χ3v) is 2.90. The van der Waals surface area contributed by atoms with E-state index in [-0.39, 0.29) is 5.82 Å². The molecule has 2 rings (SSSR count). The second kappa shape index (κ2) is 4.35. The Morgan fingerprint density at radius 3 is 2.94 bits per heavy atom. The first-order valence-electron chi connectivity index (χ1n) is 5.01. The number of aromatic amines is 1. The van der Waals surface area contributed by atoms with Gasteiger partial charge < -0.3 is 14.3 Å². The molecule has 0 aliphatic rings. The van der Waals surface area contributed by atoms with Crippen LogP contribution in [0.5, 0.6) is 0 Å². The number of rotatable bonds is 3. The van der Waals surface area contributed by atoms with Crippen LogP contribution < -0.4 is 0 Å². The molecule has 2 aromatic rings. The maximum absolute atomic E-state index is 13.4. The molecule has 0 aliphatic heterocycles. The number of aromatic nitrogens is 2. The number of benzene rings is 1. The largest absolute Gasteiger partial charge is 0.383 e. The van der Waals surface area contributed by atoms with E-state index in [0.717, 1.165) is 11.0 Å². The van der Waals surface area contributed by atoms with Crippen LogP contribution >= 0.6 is 12.2 Å². The first kappa shape index (κ1) is 11.3. The normalized spacial score (nSPS) is 11.2. The van der Waals surface area contributed by atoms with E-state index in [4.69, 9.17) is 17.0 Å². The number of methoxy groups -OCH3 is 1. The summed E-state index contributed by atoms with van der Waals surface area (Å²) < 4.78 is 20.9. The first-order chi connectivity index (χ1) is 7.63. The third kappa shape index (κ3) is 1.88. The standard InChI is InChI=1S/C11H13FN2OS/c1-7-5-10-9(6-8(7)12)13-11(16)14(10)3-4-15-2/h5-6H,3-4H2,1-2H3,(H,13,16). The summed E-state index contributed by atoms with van der Waals surface area (Å²) in [5.74, 6) is -0.220. The minimum atomic E-state index is -0.220. The van der Waals surface area contributed by atoms with Gasteiger partial charge in [-0.05, 0) is 36.8 Å². The second-order valence-electron chi connectivity index (χ2n) is 3.69. The van der Waals surface area contributed by atoms with Crippen LogP contribution in [0.1, 0.15) is 5.56 Å². The smallest absolute Gasteiger partial charge is 0.178 e. The molecule has 16 heavy (non-hydrogen) atoms. The highest BCUT2D eigenvalue weighted by molar-refractivity contribution is 7.71. The van der Waals surface area contributed by atoms with Crippen molar-refractivity contribution in [3.05, 3.63) is 28.3 Å². The number of imidazole rings is 1. The van der Waals surface area contributed by atoms with E-state index in [9.17, 15) is 4.39 Å². The number of hydrogen-bond donors (Lipinski definition) is 1. The van der Waals surface area contributed by atoms with Crippen LogP contribution in [0, 0.1) is 17.5 Å². The fourth-order valence-corrected chi connectivity index (χ4v) is 1.99. The molecule has 0 bridgehead atoms. The van der Waals surface area contributed by atoms with Crippen molar-refractivity contribution in [3.63, 3.8) is 0 Å². The van der Waals surface area contributed by atoms with Crippen molar-refractivity contribution in [1.29, 1.82) is 0 Å². The molecule has 1 aromatic carbocycles. The summed E-state index contributed by atoms with van der Waals surface area (Å²) in [7, 11) is 1.64. The molecule has 86 valence electrons. The molecule has 0 fully saturated rings. The minimum absolute atomic E-state index is 0.220. The molecule has 1 heterocycles. The molecule has 1 aromatic heterocycles. The van der Waals surface area contributed by atoms with E-state index in [1.807, 2.05) is 4.57 Å². The molecule has 1 N–H and O–H groups in total. The first-order valence-corrected chi connectivity index (χ1v) is 5.42. The fourth-order valence-electron chi connectivity index (χ4n) is 1.69. The zero-order valence-electron chi connectivity index (χ0n) is 9.21. The lowest BCUT2D eigenvalue weighted by atomic mass is 10.2. The summed E-state index contributed by atoms with van der Waals surface area (Å²) in [4.78, 5) is 2.99. The molecular formula is C11H13FN2OS. The average molecular weight is 240 g/mol. The summed E-state index contributed by atoms with van der Waals surface area (Å²) in [6, 6.07) is 3.27. The monoisotopic (exact) mass is 240 g/mol. The predicted octanol–water partition coefficient (Wildman–Crippen LogP) is 2.79.